The van der Waals surface area contributed by atoms with Gasteiger partial charge in [0.2, 0.25) is 0 Å². The van der Waals surface area contributed by atoms with Crippen LogP contribution in [0.1, 0.15) is 62.5 Å². The number of hydrogen-bond donors (Lipinski definition) is 1. The maximum atomic E-state index is 5.93. The Balaban J connectivity index is 1.85. The highest BCUT2D eigenvalue weighted by Crippen LogP contribution is 2.41. The molecule has 0 aromatic carbocycles. The first-order valence-electron chi connectivity index (χ1n) is 6.57. The molecule has 3 nitrogen and oxygen atoms in total. The maximum absolute atomic E-state index is 5.93. The van der Waals surface area contributed by atoms with Crippen molar-refractivity contribution in [3.8, 4) is 0 Å². The molecule has 1 saturated carbocycles. The zero-order valence-electron chi connectivity index (χ0n) is 10.0. The molecule has 1 aliphatic carbocycles. The van der Waals surface area contributed by atoms with Gasteiger partial charge in [-0.1, -0.05) is 0 Å². The monoisotopic (exact) mass is 219 g/mol. The van der Waals surface area contributed by atoms with Crippen LogP contribution in [0.5, 0.6) is 0 Å². The second-order valence-electron chi connectivity index (χ2n) is 5.52. The SMILES string of the molecule is CC(N)CC1CCCc2nc(C3CC3)cn21. The van der Waals surface area contributed by atoms with Crippen molar-refractivity contribution in [2.45, 2.75) is 63.5 Å². The highest BCUT2D eigenvalue weighted by Gasteiger charge is 2.29. The minimum absolute atomic E-state index is 0.294. The summed E-state index contributed by atoms with van der Waals surface area (Å²) < 4.78 is 2.42. The van der Waals surface area contributed by atoms with Crippen molar-refractivity contribution < 1.29 is 0 Å². The van der Waals surface area contributed by atoms with E-state index in [1.165, 1.54) is 37.2 Å². The molecule has 2 unspecified atom stereocenters. The Bertz CT molecular complexity index is 377. The summed E-state index contributed by atoms with van der Waals surface area (Å²) in [5, 5.41) is 0. The average Bonchev–Trinajstić information content (AvgIpc) is 2.98. The lowest BCUT2D eigenvalue weighted by Gasteiger charge is -2.26. The fourth-order valence-electron chi connectivity index (χ4n) is 2.83. The molecular weight excluding hydrogens is 198 g/mol. The molecule has 88 valence electrons. The van der Waals surface area contributed by atoms with Crippen LogP contribution in [0, 0.1) is 0 Å². The van der Waals surface area contributed by atoms with Crippen LogP contribution in [0.3, 0.4) is 0 Å². The van der Waals surface area contributed by atoms with E-state index in [4.69, 9.17) is 10.7 Å². The number of aromatic nitrogens is 2. The van der Waals surface area contributed by atoms with Crippen molar-refractivity contribution in [2.24, 2.45) is 5.73 Å². The smallest absolute Gasteiger partial charge is 0.109 e. The van der Waals surface area contributed by atoms with Gasteiger partial charge in [-0.05, 0) is 39.0 Å². The van der Waals surface area contributed by atoms with Crippen molar-refractivity contribution in [1.82, 2.24) is 9.55 Å². The first-order valence-corrected chi connectivity index (χ1v) is 6.57. The van der Waals surface area contributed by atoms with Gasteiger partial charge >= 0.3 is 0 Å². The summed E-state index contributed by atoms with van der Waals surface area (Å²) in [6, 6.07) is 0.895. The van der Waals surface area contributed by atoms with E-state index in [1.807, 2.05) is 0 Å². The summed E-state index contributed by atoms with van der Waals surface area (Å²) in [5.74, 6) is 2.08. The third-order valence-electron chi connectivity index (χ3n) is 3.80. The van der Waals surface area contributed by atoms with Gasteiger partial charge in [-0.3, -0.25) is 0 Å². The molecule has 3 heteroatoms. The largest absolute Gasteiger partial charge is 0.332 e. The molecule has 1 aliphatic heterocycles. The van der Waals surface area contributed by atoms with E-state index in [1.54, 1.807) is 0 Å². The average molecular weight is 219 g/mol. The Morgan fingerprint density at radius 2 is 2.31 bits per heavy atom. The van der Waals surface area contributed by atoms with E-state index in [-0.39, 0.29) is 0 Å². The first-order chi connectivity index (χ1) is 7.74. The summed E-state index contributed by atoms with van der Waals surface area (Å²) in [4.78, 5) is 4.79. The number of nitrogens with zero attached hydrogens (tertiary/aromatic N) is 2. The predicted octanol–water partition coefficient (Wildman–Crippen LogP) is 2.38. The standard InChI is InChI=1S/C13H21N3/c1-9(14)7-11-3-2-4-13-15-12(8-16(11)13)10-5-6-10/h8-11H,2-7,14H2,1H3. The third-order valence-corrected chi connectivity index (χ3v) is 3.80. The molecule has 2 heterocycles. The number of imidazole rings is 1. The van der Waals surface area contributed by atoms with Crippen LogP contribution in [-0.2, 0) is 6.42 Å². The molecular formula is C13H21N3. The summed E-state index contributed by atoms with van der Waals surface area (Å²) in [5.41, 5.74) is 7.27. The van der Waals surface area contributed by atoms with Crippen molar-refractivity contribution in [1.29, 1.82) is 0 Å². The zero-order chi connectivity index (χ0) is 11.1. The van der Waals surface area contributed by atoms with Crippen molar-refractivity contribution in [3.63, 3.8) is 0 Å². The van der Waals surface area contributed by atoms with Crippen molar-refractivity contribution >= 4 is 0 Å². The molecule has 0 radical (unpaired) electrons. The quantitative estimate of drug-likeness (QED) is 0.848. The molecule has 0 spiro atoms. The topological polar surface area (TPSA) is 43.8 Å². The zero-order valence-corrected chi connectivity index (χ0v) is 10.0. The molecule has 3 rings (SSSR count). The van der Waals surface area contributed by atoms with Crippen LogP contribution >= 0.6 is 0 Å². The van der Waals surface area contributed by atoms with Crippen LogP contribution in [-0.4, -0.2) is 15.6 Å². The molecule has 0 amide bonds. The van der Waals surface area contributed by atoms with Gasteiger partial charge in [0.1, 0.15) is 5.82 Å². The molecule has 1 aromatic heterocycles. The molecule has 0 saturated heterocycles. The van der Waals surface area contributed by atoms with Gasteiger partial charge in [-0.2, -0.15) is 0 Å². The fraction of sp³-hybridized carbons (Fsp3) is 0.769. The van der Waals surface area contributed by atoms with Crippen LogP contribution in [0.15, 0.2) is 6.20 Å². The first kappa shape index (κ1) is 10.3. The Kier molecular flexibility index (Phi) is 2.51. The number of hydrogen-bond acceptors (Lipinski definition) is 2. The lowest BCUT2D eigenvalue weighted by atomic mass is 9.99. The second-order valence-corrected chi connectivity index (χ2v) is 5.52. The van der Waals surface area contributed by atoms with Crippen molar-refractivity contribution in [3.05, 3.63) is 17.7 Å². The predicted molar refractivity (Wildman–Crippen MR) is 64.4 cm³/mol. The summed E-state index contributed by atoms with van der Waals surface area (Å²) in [6.45, 7) is 2.10. The highest BCUT2D eigenvalue weighted by molar-refractivity contribution is 5.16. The minimum atomic E-state index is 0.294. The molecule has 2 atom stereocenters. The van der Waals surface area contributed by atoms with Gasteiger partial charge in [0.05, 0.1) is 5.69 Å². The Morgan fingerprint density at radius 3 is 3.00 bits per heavy atom. The lowest BCUT2D eigenvalue weighted by molar-refractivity contribution is 0.355. The second kappa shape index (κ2) is 3.88. The van der Waals surface area contributed by atoms with E-state index >= 15 is 0 Å². The maximum Gasteiger partial charge on any atom is 0.109 e. The normalized spacial score (nSPS) is 26.5. The van der Waals surface area contributed by atoms with Gasteiger partial charge in [0.25, 0.3) is 0 Å². The van der Waals surface area contributed by atoms with Crippen LogP contribution < -0.4 is 5.73 Å². The molecule has 1 aromatic rings. The Labute approximate surface area is 97.0 Å². The van der Waals surface area contributed by atoms with Gasteiger partial charge < -0.3 is 10.3 Å². The van der Waals surface area contributed by atoms with Gasteiger partial charge in [-0.15, -0.1) is 0 Å². The summed E-state index contributed by atoms with van der Waals surface area (Å²) in [7, 11) is 0. The highest BCUT2D eigenvalue weighted by atomic mass is 15.1. The molecule has 2 N–H and O–H groups in total. The number of rotatable bonds is 3. The van der Waals surface area contributed by atoms with Crippen LogP contribution in [0.4, 0.5) is 0 Å². The van der Waals surface area contributed by atoms with E-state index in [0.29, 0.717) is 12.1 Å². The van der Waals surface area contributed by atoms with Crippen molar-refractivity contribution in [2.75, 3.05) is 0 Å². The molecule has 1 fully saturated rings. The van der Waals surface area contributed by atoms with Gasteiger partial charge in [-0.25, -0.2) is 4.98 Å². The van der Waals surface area contributed by atoms with E-state index in [9.17, 15) is 0 Å². The van der Waals surface area contributed by atoms with Gasteiger partial charge in [0, 0.05) is 30.6 Å². The Morgan fingerprint density at radius 1 is 1.50 bits per heavy atom. The summed E-state index contributed by atoms with van der Waals surface area (Å²) in [6.07, 6.45) is 9.78. The number of aryl methyl sites for hydroxylation is 1. The number of nitrogens with two attached hydrogens (primary N) is 1. The number of fused-ring (bicyclic) bond motifs is 1. The molecule has 2 aliphatic rings. The third kappa shape index (κ3) is 1.88. The van der Waals surface area contributed by atoms with Gasteiger partial charge in [0.15, 0.2) is 0 Å². The van der Waals surface area contributed by atoms with E-state index in [0.717, 1.165) is 18.8 Å². The van der Waals surface area contributed by atoms with Crippen LogP contribution in [0.25, 0.3) is 0 Å². The molecule has 16 heavy (non-hydrogen) atoms. The Hall–Kier alpha value is -0.830. The van der Waals surface area contributed by atoms with E-state index in [2.05, 4.69) is 17.7 Å². The minimum Gasteiger partial charge on any atom is -0.332 e. The van der Waals surface area contributed by atoms with E-state index < -0.39 is 0 Å². The summed E-state index contributed by atoms with van der Waals surface area (Å²) >= 11 is 0. The fourth-order valence-corrected chi connectivity index (χ4v) is 2.83. The molecule has 0 bridgehead atoms. The van der Waals surface area contributed by atoms with Crippen LogP contribution in [0.2, 0.25) is 0 Å². The lowest BCUT2D eigenvalue weighted by Crippen LogP contribution is -2.25.